The Balaban J connectivity index is 0.00000277. The molecule has 0 amide bonds. The van der Waals surface area contributed by atoms with E-state index < -0.39 is 0 Å². The van der Waals surface area contributed by atoms with E-state index in [0.29, 0.717) is 0 Å². The Bertz CT molecular complexity index is 385. The zero-order valence-electron chi connectivity index (χ0n) is 18.4. The number of hydrogen-bond donors (Lipinski definition) is 0. The molecule has 0 spiro atoms. The first-order valence-corrected chi connectivity index (χ1v) is 11.1. The number of hydrogen-bond acceptors (Lipinski definition) is 0. The van der Waals surface area contributed by atoms with E-state index >= 15 is 0 Å². The molecule has 0 aromatic heterocycles. The number of allylic oxidation sites excluding steroid dienone is 6. The topological polar surface area (TPSA) is 0 Å². The van der Waals surface area contributed by atoms with Crippen LogP contribution in [0, 0.1) is 23.7 Å². The quantitative estimate of drug-likeness (QED) is 0.328. The van der Waals surface area contributed by atoms with Crippen LogP contribution in [0.2, 0.25) is 0 Å². The lowest BCUT2D eigenvalue weighted by atomic mass is 9.76. The van der Waals surface area contributed by atoms with Gasteiger partial charge in [0.1, 0.15) is 0 Å². The molecule has 146 valence electrons. The molecule has 0 saturated carbocycles. The molecule has 3 unspecified atom stereocenters. The first kappa shape index (κ1) is 24.2. The van der Waals surface area contributed by atoms with Crippen LogP contribution in [0.3, 0.4) is 0 Å². The average Bonchev–Trinajstić information content (AvgIpc) is 2.62. The predicted octanol–water partition coefficient (Wildman–Crippen LogP) is 8.75. The lowest BCUT2D eigenvalue weighted by Crippen LogP contribution is -2.18. The van der Waals surface area contributed by atoms with Crippen LogP contribution in [0.5, 0.6) is 0 Å². The van der Waals surface area contributed by atoms with Crippen molar-refractivity contribution in [2.45, 2.75) is 99.8 Å². The zero-order chi connectivity index (χ0) is 19.1. The summed E-state index contributed by atoms with van der Waals surface area (Å²) >= 11 is 0. The third-order valence-corrected chi connectivity index (χ3v) is 5.47. The highest BCUT2D eigenvalue weighted by Gasteiger charge is 2.22. The highest BCUT2D eigenvalue weighted by atomic mass is 14.3. The summed E-state index contributed by atoms with van der Waals surface area (Å²) in [5, 5.41) is 0. The maximum Gasteiger partial charge on any atom is -0.0190 e. The van der Waals surface area contributed by atoms with E-state index in [1.165, 1.54) is 56.9 Å². The summed E-state index contributed by atoms with van der Waals surface area (Å²) in [6.45, 7) is 15.5. The summed E-state index contributed by atoms with van der Waals surface area (Å²) < 4.78 is 0. The van der Waals surface area contributed by atoms with Gasteiger partial charge in [-0.2, -0.15) is 0 Å². The van der Waals surface area contributed by atoms with Gasteiger partial charge in [0.25, 0.3) is 0 Å². The molecule has 0 N–H and O–H groups in total. The first-order chi connectivity index (χ1) is 12.1. The minimum Gasteiger partial charge on any atom is -0.0914 e. The summed E-state index contributed by atoms with van der Waals surface area (Å²) in [7, 11) is 0. The molecule has 0 aromatic carbocycles. The average molecular weight is 347 g/mol. The summed E-state index contributed by atoms with van der Waals surface area (Å²) in [6, 6.07) is 0. The van der Waals surface area contributed by atoms with Crippen molar-refractivity contribution in [1.29, 1.82) is 0 Å². The van der Waals surface area contributed by atoms with Crippen LogP contribution >= 0.6 is 0 Å². The second kappa shape index (κ2) is 15.5. The van der Waals surface area contributed by atoms with Gasteiger partial charge in [-0.1, -0.05) is 103 Å². The molecule has 0 bridgehead atoms. The summed E-state index contributed by atoms with van der Waals surface area (Å²) in [5.74, 6) is 3.27. The van der Waals surface area contributed by atoms with E-state index in [9.17, 15) is 0 Å². The van der Waals surface area contributed by atoms with Crippen LogP contribution in [0.4, 0.5) is 0 Å². The first-order valence-electron chi connectivity index (χ1n) is 11.1. The van der Waals surface area contributed by atoms with Crippen LogP contribution in [-0.4, -0.2) is 0 Å². The summed E-state index contributed by atoms with van der Waals surface area (Å²) in [6.07, 6.45) is 22.8. The molecule has 0 heteroatoms. The normalized spacial score (nSPS) is 20.6. The Morgan fingerprint density at radius 1 is 1.08 bits per heavy atom. The van der Waals surface area contributed by atoms with E-state index in [1.807, 2.05) is 13.8 Å². The van der Waals surface area contributed by atoms with Gasteiger partial charge in [0, 0.05) is 0 Å². The van der Waals surface area contributed by atoms with Gasteiger partial charge in [0.2, 0.25) is 0 Å². The molecule has 0 aromatic rings. The molecule has 1 aliphatic rings. The third-order valence-electron chi connectivity index (χ3n) is 5.47. The Hall–Kier alpha value is -0.780. The standard InChI is InChI=1S/C23H40.C2H6/c1-6-9-19(4)14-17-22(10-7-2)23(11-8-3)18-21-15-12-20(5)13-16-21;1-2/h8,11-13,15,19,21-23H,6-7,9-10,14,16-18H2,1-5H3;1-2H3/b11-8+;/t19-,21?,22?,23?;/m0./s1. The van der Waals surface area contributed by atoms with Crippen LogP contribution in [0.25, 0.3) is 0 Å². The largest absolute Gasteiger partial charge is 0.0914 e. The van der Waals surface area contributed by atoms with Crippen molar-refractivity contribution >= 4 is 0 Å². The molecule has 4 atom stereocenters. The molecular formula is C25H46. The molecule has 0 saturated heterocycles. The van der Waals surface area contributed by atoms with E-state index in [2.05, 4.69) is 65.0 Å². The minimum atomic E-state index is 0.743. The highest BCUT2D eigenvalue weighted by molar-refractivity contribution is 5.21. The molecule has 1 rings (SSSR count). The minimum absolute atomic E-state index is 0.743. The van der Waals surface area contributed by atoms with Gasteiger partial charge in [0.05, 0.1) is 0 Å². The van der Waals surface area contributed by atoms with Crippen molar-refractivity contribution in [3.05, 3.63) is 36.0 Å². The maximum absolute atomic E-state index is 2.50. The van der Waals surface area contributed by atoms with Crippen molar-refractivity contribution in [3.8, 4) is 0 Å². The van der Waals surface area contributed by atoms with Gasteiger partial charge in [-0.05, 0) is 56.8 Å². The van der Waals surface area contributed by atoms with Crippen molar-refractivity contribution in [2.75, 3.05) is 0 Å². The van der Waals surface area contributed by atoms with E-state index in [1.54, 1.807) is 0 Å². The summed E-state index contributed by atoms with van der Waals surface area (Å²) in [4.78, 5) is 0. The molecule has 0 heterocycles. The van der Waals surface area contributed by atoms with Crippen LogP contribution in [0.1, 0.15) is 99.8 Å². The predicted molar refractivity (Wildman–Crippen MR) is 117 cm³/mol. The van der Waals surface area contributed by atoms with Crippen LogP contribution in [0.15, 0.2) is 36.0 Å². The number of rotatable bonds is 11. The molecule has 0 aliphatic heterocycles. The van der Waals surface area contributed by atoms with Gasteiger partial charge in [-0.15, -0.1) is 0 Å². The van der Waals surface area contributed by atoms with Crippen LogP contribution < -0.4 is 0 Å². The fourth-order valence-corrected chi connectivity index (χ4v) is 4.05. The highest BCUT2D eigenvalue weighted by Crippen LogP contribution is 2.34. The van der Waals surface area contributed by atoms with E-state index in [-0.39, 0.29) is 0 Å². The molecule has 0 radical (unpaired) electrons. The Labute approximate surface area is 159 Å². The van der Waals surface area contributed by atoms with Crippen molar-refractivity contribution < 1.29 is 0 Å². The molecular weight excluding hydrogens is 300 g/mol. The third kappa shape index (κ3) is 10.7. The smallest absolute Gasteiger partial charge is 0.0190 e. The fourth-order valence-electron chi connectivity index (χ4n) is 4.05. The monoisotopic (exact) mass is 346 g/mol. The van der Waals surface area contributed by atoms with Gasteiger partial charge in [-0.3, -0.25) is 0 Å². The van der Waals surface area contributed by atoms with E-state index in [0.717, 1.165) is 23.7 Å². The fraction of sp³-hybridized carbons (Fsp3) is 0.760. The van der Waals surface area contributed by atoms with Gasteiger partial charge >= 0.3 is 0 Å². The Kier molecular flexibility index (Phi) is 15.0. The van der Waals surface area contributed by atoms with Gasteiger partial charge < -0.3 is 0 Å². The van der Waals surface area contributed by atoms with Crippen LogP contribution in [-0.2, 0) is 0 Å². The zero-order valence-corrected chi connectivity index (χ0v) is 18.4. The summed E-state index contributed by atoms with van der Waals surface area (Å²) in [5.41, 5.74) is 1.43. The molecule has 0 nitrogen and oxygen atoms in total. The van der Waals surface area contributed by atoms with Gasteiger partial charge in [-0.25, -0.2) is 0 Å². The lowest BCUT2D eigenvalue weighted by Gasteiger charge is -2.29. The lowest BCUT2D eigenvalue weighted by molar-refractivity contribution is 0.278. The SMILES string of the molecule is C/C=C/C(CC1C=CC(C)=CC1)C(CCC)CC[C@@H](C)CCC.CC. The molecule has 1 aliphatic carbocycles. The molecule has 0 fully saturated rings. The Morgan fingerprint density at radius 2 is 1.76 bits per heavy atom. The van der Waals surface area contributed by atoms with Crippen molar-refractivity contribution in [3.63, 3.8) is 0 Å². The second-order valence-corrected chi connectivity index (χ2v) is 7.75. The second-order valence-electron chi connectivity index (χ2n) is 7.75. The van der Waals surface area contributed by atoms with Crippen molar-refractivity contribution in [1.82, 2.24) is 0 Å². The van der Waals surface area contributed by atoms with Crippen molar-refractivity contribution in [2.24, 2.45) is 23.7 Å². The van der Waals surface area contributed by atoms with Gasteiger partial charge in [0.15, 0.2) is 0 Å². The van der Waals surface area contributed by atoms with E-state index in [4.69, 9.17) is 0 Å². The maximum atomic E-state index is 2.50. The Morgan fingerprint density at radius 3 is 2.28 bits per heavy atom. The molecule has 25 heavy (non-hydrogen) atoms.